The number of benzene rings is 2. The average molecular weight is 607 g/mol. The van der Waals surface area contributed by atoms with Crippen LogP contribution in [-0.2, 0) is 10.3 Å². The molecule has 4 aromatic rings. The van der Waals surface area contributed by atoms with E-state index in [1.165, 1.54) is 18.3 Å². The van der Waals surface area contributed by atoms with Gasteiger partial charge in [0, 0.05) is 34.6 Å². The number of nitrogens with zero attached hydrogens (tertiary/aromatic N) is 2. The highest BCUT2D eigenvalue weighted by Gasteiger charge is 2.73. The molecule has 4 N–H and O–H groups in total. The molecule has 5 rings (SSSR count). The predicted octanol–water partition coefficient (Wildman–Crippen LogP) is 6.82. The van der Waals surface area contributed by atoms with Crippen molar-refractivity contribution >= 4 is 34.0 Å². The number of aromatic amines is 1. The fourth-order valence-electron chi connectivity index (χ4n) is 5.09. The third-order valence-electron chi connectivity index (χ3n) is 7.30. The molecule has 1 saturated heterocycles. The normalized spacial score (nSPS) is 16.3. The molecule has 1 unspecified atom stereocenters. The van der Waals surface area contributed by atoms with Gasteiger partial charge in [-0.05, 0) is 68.3 Å². The summed E-state index contributed by atoms with van der Waals surface area (Å²) in [5.74, 6) is -0.496. The van der Waals surface area contributed by atoms with Crippen LogP contribution in [0.25, 0.3) is 10.9 Å². The van der Waals surface area contributed by atoms with Crippen molar-refractivity contribution in [1.82, 2.24) is 20.5 Å². The van der Waals surface area contributed by atoms with Crippen molar-refractivity contribution < 1.29 is 35.9 Å². The van der Waals surface area contributed by atoms with Crippen LogP contribution in [0.5, 0.6) is 0 Å². The van der Waals surface area contributed by atoms with Crippen LogP contribution in [0.2, 0.25) is 0 Å². The summed E-state index contributed by atoms with van der Waals surface area (Å²) in [5, 5.41) is 16.3. The van der Waals surface area contributed by atoms with Crippen LogP contribution >= 0.6 is 0 Å². The molecule has 43 heavy (non-hydrogen) atoms. The molecule has 0 saturated carbocycles. The smallest absolute Gasteiger partial charge is 0.354 e. The molecule has 8 nitrogen and oxygen atoms in total. The number of amides is 1. The van der Waals surface area contributed by atoms with E-state index in [1.54, 1.807) is 18.3 Å². The molecule has 0 radical (unpaired) electrons. The van der Waals surface area contributed by atoms with Gasteiger partial charge in [0.25, 0.3) is 11.5 Å². The molecule has 1 aliphatic heterocycles. The van der Waals surface area contributed by atoms with Crippen LogP contribution in [-0.4, -0.2) is 52.6 Å². The Kier molecular flexibility index (Phi) is 8.60. The van der Waals surface area contributed by atoms with Gasteiger partial charge in [-0.3, -0.25) is 9.89 Å². The van der Waals surface area contributed by atoms with Crippen molar-refractivity contribution in [2.45, 2.75) is 49.7 Å². The van der Waals surface area contributed by atoms with Crippen LogP contribution < -0.4 is 16.0 Å². The molecular weight excluding hydrogens is 578 g/mol. The number of fused-ring (bicyclic) bond motifs is 1. The first-order chi connectivity index (χ1) is 20.5. The first-order valence-corrected chi connectivity index (χ1v) is 13.6. The number of piperidine rings is 1. The van der Waals surface area contributed by atoms with E-state index in [-0.39, 0.29) is 29.5 Å². The molecule has 3 heterocycles. The maximum absolute atomic E-state index is 14.2. The summed E-state index contributed by atoms with van der Waals surface area (Å²) in [6.07, 6.45) is -6.10. The number of hydrogen-bond donors (Lipinski definition) is 4. The molecule has 0 bridgehead atoms. The first-order valence-electron chi connectivity index (χ1n) is 13.6. The summed E-state index contributed by atoms with van der Waals surface area (Å²) in [6, 6.07) is 11.4. The monoisotopic (exact) mass is 606 g/mol. The minimum absolute atomic E-state index is 0.000717. The summed E-state index contributed by atoms with van der Waals surface area (Å²) in [6.45, 7) is -0.0989. The highest BCUT2D eigenvalue weighted by Crippen LogP contribution is 2.53. The molecule has 1 fully saturated rings. The number of halogens is 6. The van der Waals surface area contributed by atoms with Crippen molar-refractivity contribution in [3.63, 3.8) is 0 Å². The minimum atomic E-state index is -5.80. The fraction of sp³-hybridized carbons (Fsp3) is 0.345. The van der Waals surface area contributed by atoms with Gasteiger partial charge in [0.2, 0.25) is 0 Å². The van der Waals surface area contributed by atoms with E-state index in [4.69, 9.17) is 4.74 Å². The lowest BCUT2D eigenvalue weighted by Crippen LogP contribution is -2.56. The Morgan fingerprint density at radius 2 is 1.72 bits per heavy atom. The summed E-state index contributed by atoms with van der Waals surface area (Å²) in [5.41, 5.74) is -4.25. The molecule has 1 amide bonds. The molecular formula is C29H28F6N6O2. The number of aromatic nitrogens is 3. The molecule has 0 aliphatic carbocycles. The standard InChI is InChI=1S/C29H28F6N6O2/c30-28(31,32)27(29(33,34)35,43-15-12-20-4-1-2-13-36-20)19-7-10-21(11-8-19)40-26(42)23-5-3-14-37-25(23)39-22-9-6-18-17-38-41-24(18)16-22/h3,5-11,14,16-17,20,36H,1-2,4,12-13,15H2,(H,37,39)(H,38,41)(H,40,42). The van der Waals surface area contributed by atoms with Gasteiger partial charge in [-0.15, -0.1) is 0 Å². The number of anilines is 3. The zero-order valence-electron chi connectivity index (χ0n) is 22.6. The van der Waals surface area contributed by atoms with E-state index in [2.05, 4.69) is 31.1 Å². The van der Waals surface area contributed by atoms with Gasteiger partial charge in [0.05, 0.1) is 23.9 Å². The maximum atomic E-state index is 14.2. The second-order valence-electron chi connectivity index (χ2n) is 10.2. The molecule has 2 aromatic carbocycles. The van der Waals surface area contributed by atoms with Crippen LogP contribution in [0.3, 0.4) is 0 Å². The maximum Gasteiger partial charge on any atom is 0.430 e. The molecule has 0 spiro atoms. The minimum Gasteiger partial charge on any atom is -0.354 e. The van der Waals surface area contributed by atoms with E-state index in [0.717, 1.165) is 35.9 Å². The lowest BCUT2D eigenvalue weighted by Gasteiger charge is -2.38. The quantitative estimate of drug-likeness (QED) is 0.156. The van der Waals surface area contributed by atoms with Gasteiger partial charge in [-0.25, -0.2) is 4.98 Å². The van der Waals surface area contributed by atoms with Gasteiger partial charge < -0.3 is 20.7 Å². The van der Waals surface area contributed by atoms with E-state index >= 15 is 0 Å². The molecule has 2 aromatic heterocycles. The second kappa shape index (κ2) is 12.2. The van der Waals surface area contributed by atoms with E-state index in [1.807, 2.05) is 6.07 Å². The number of pyridine rings is 1. The molecule has 1 atom stereocenters. The Balaban J connectivity index is 1.34. The molecule has 228 valence electrons. The molecule has 1 aliphatic rings. The fourth-order valence-corrected chi connectivity index (χ4v) is 5.09. The zero-order valence-corrected chi connectivity index (χ0v) is 22.6. The Labute approximate surface area is 242 Å². The van der Waals surface area contributed by atoms with Gasteiger partial charge in [0.15, 0.2) is 0 Å². The number of ether oxygens (including phenoxy) is 1. The number of nitrogens with one attached hydrogen (secondary N) is 4. The second-order valence-corrected chi connectivity index (χ2v) is 10.2. The molecule has 14 heteroatoms. The Morgan fingerprint density at radius 1 is 0.977 bits per heavy atom. The van der Waals surface area contributed by atoms with Crippen LogP contribution in [0, 0.1) is 0 Å². The number of rotatable bonds is 9. The van der Waals surface area contributed by atoms with Crippen LogP contribution in [0.4, 0.5) is 43.5 Å². The third kappa shape index (κ3) is 6.44. The van der Waals surface area contributed by atoms with Crippen molar-refractivity contribution in [3.05, 3.63) is 78.1 Å². The Bertz CT molecular complexity index is 1530. The highest BCUT2D eigenvalue weighted by atomic mass is 19.4. The number of hydrogen-bond acceptors (Lipinski definition) is 6. The zero-order chi connectivity index (χ0) is 30.7. The van der Waals surface area contributed by atoms with Crippen molar-refractivity contribution in [2.75, 3.05) is 23.8 Å². The number of carbonyl (C=O) groups excluding carboxylic acids is 1. The highest BCUT2D eigenvalue weighted by molar-refractivity contribution is 6.07. The number of carbonyl (C=O) groups is 1. The lowest BCUT2D eigenvalue weighted by atomic mass is 9.91. The van der Waals surface area contributed by atoms with E-state index in [0.29, 0.717) is 30.8 Å². The topological polar surface area (TPSA) is 104 Å². The number of alkyl halides is 6. The third-order valence-corrected chi connectivity index (χ3v) is 7.30. The van der Waals surface area contributed by atoms with Gasteiger partial charge in [-0.2, -0.15) is 31.4 Å². The summed E-state index contributed by atoms with van der Waals surface area (Å²) in [4.78, 5) is 17.3. The van der Waals surface area contributed by atoms with Crippen LogP contribution in [0.1, 0.15) is 41.6 Å². The summed E-state index contributed by atoms with van der Waals surface area (Å²) in [7, 11) is 0. The lowest BCUT2D eigenvalue weighted by molar-refractivity contribution is -0.389. The number of H-pyrrole nitrogens is 1. The Hall–Kier alpha value is -4.17. The Morgan fingerprint density at radius 3 is 2.42 bits per heavy atom. The van der Waals surface area contributed by atoms with E-state index < -0.39 is 36.0 Å². The largest absolute Gasteiger partial charge is 0.430 e. The van der Waals surface area contributed by atoms with E-state index in [9.17, 15) is 31.1 Å². The van der Waals surface area contributed by atoms with Gasteiger partial charge >= 0.3 is 12.4 Å². The van der Waals surface area contributed by atoms with Crippen molar-refractivity contribution in [2.24, 2.45) is 0 Å². The average Bonchev–Trinajstić information content (AvgIpc) is 3.43. The van der Waals surface area contributed by atoms with Gasteiger partial charge in [-0.1, -0.05) is 18.6 Å². The van der Waals surface area contributed by atoms with Crippen molar-refractivity contribution in [3.8, 4) is 0 Å². The summed E-state index contributed by atoms with van der Waals surface area (Å²) < 4.78 is 89.9. The SMILES string of the molecule is O=C(Nc1ccc(C(OCCC2CCCCN2)(C(F)(F)F)C(F)(F)F)cc1)c1cccnc1Nc1ccc2cn[nH]c2c1. The van der Waals surface area contributed by atoms with Crippen LogP contribution in [0.15, 0.2) is 67.0 Å². The predicted molar refractivity (Wildman–Crippen MR) is 148 cm³/mol. The summed E-state index contributed by atoms with van der Waals surface area (Å²) >= 11 is 0. The van der Waals surface area contributed by atoms with Gasteiger partial charge in [0.1, 0.15) is 5.82 Å². The first kappa shape index (κ1) is 30.3. The van der Waals surface area contributed by atoms with Crippen molar-refractivity contribution in [1.29, 1.82) is 0 Å².